The summed E-state index contributed by atoms with van der Waals surface area (Å²) in [6.45, 7) is 0. The quantitative estimate of drug-likeness (QED) is 0.939. The fourth-order valence-corrected chi connectivity index (χ4v) is 1.89. The monoisotopic (exact) mass is 286 g/mol. The van der Waals surface area contributed by atoms with Gasteiger partial charge < -0.3 is 10.1 Å². The molecule has 0 aliphatic carbocycles. The molecule has 0 aromatic heterocycles. The van der Waals surface area contributed by atoms with Crippen LogP contribution in [0.2, 0.25) is 5.02 Å². The Morgan fingerprint density at radius 3 is 2.80 bits per heavy atom. The highest BCUT2D eigenvalue weighted by Gasteiger charge is 2.13. The number of anilines is 1. The Hall–Kier alpha value is -2.51. The van der Waals surface area contributed by atoms with Crippen LogP contribution >= 0.6 is 11.6 Å². The van der Waals surface area contributed by atoms with Crippen molar-refractivity contribution in [1.29, 1.82) is 5.26 Å². The van der Waals surface area contributed by atoms with Crippen LogP contribution in [0.15, 0.2) is 42.5 Å². The van der Waals surface area contributed by atoms with Crippen molar-refractivity contribution in [3.05, 3.63) is 58.6 Å². The molecule has 1 N–H and O–H groups in total. The predicted molar refractivity (Wildman–Crippen MR) is 77.1 cm³/mol. The third-order valence-corrected chi connectivity index (χ3v) is 2.89. The summed E-state index contributed by atoms with van der Waals surface area (Å²) in [6, 6.07) is 13.5. The van der Waals surface area contributed by atoms with Crippen LogP contribution in [-0.4, -0.2) is 13.0 Å². The molecular formula is C15H11ClN2O2. The van der Waals surface area contributed by atoms with E-state index in [4.69, 9.17) is 21.6 Å². The van der Waals surface area contributed by atoms with Crippen LogP contribution in [0.25, 0.3) is 0 Å². The highest BCUT2D eigenvalue weighted by molar-refractivity contribution is 6.31. The zero-order valence-corrected chi connectivity index (χ0v) is 11.4. The third-order valence-electron chi connectivity index (χ3n) is 2.66. The van der Waals surface area contributed by atoms with Crippen LogP contribution in [-0.2, 0) is 0 Å². The number of nitriles is 1. The first kappa shape index (κ1) is 13.9. The molecule has 0 fully saturated rings. The Morgan fingerprint density at radius 2 is 2.10 bits per heavy atom. The molecule has 2 rings (SSSR count). The Morgan fingerprint density at radius 1 is 1.30 bits per heavy atom. The van der Waals surface area contributed by atoms with Gasteiger partial charge in [0.15, 0.2) is 0 Å². The number of nitrogens with zero attached hydrogens (tertiary/aromatic N) is 1. The van der Waals surface area contributed by atoms with Gasteiger partial charge in [-0.15, -0.1) is 0 Å². The molecule has 0 aliphatic heterocycles. The van der Waals surface area contributed by atoms with E-state index in [2.05, 4.69) is 5.32 Å². The number of carbonyl (C=O) groups excluding carboxylic acids is 1. The van der Waals surface area contributed by atoms with Crippen LogP contribution in [0.4, 0.5) is 5.69 Å². The fourth-order valence-electron chi connectivity index (χ4n) is 1.72. The van der Waals surface area contributed by atoms with Crippen LogP contribution in [0.5, 0.6) is 5.75 Å². The highest BCUT2D eigenvalue weighted by Crippen LogP contribution is 2.23. The molecule has 0 heterocycles. The first-order valence-electron chi connectivity index (χ1n) is 5.79. The van der Waals surface area contributed by atoms with E-state index in [9.17, 15) is 4.79 Å². The van der Waals surface area contributed by atoms with Gasteiger partial charge in [0, 0.05) is 10.7 Å². The zero-order valence-electron chi connectivity index (χ0n) is 10.7. The number of hydrogen-bond donors (Lipinski definition) is 1. The van der Waals surface area contributed by atoms with E-state index >= 15 is 0 Å². The summed E-state index contributed by atoms with van der Waals surface area (Å²) in [5.41, 5.74) is 1.35. The van der Waals surface area contributed by atoms with E-state index < -0.39 is 0 Å². The maximum absolute atomic E-state index is 12.2. The molecule has 1 amide bonds. The van der Waals surface area contributed by atoms with Gasteiger partial charge >= 0.3 is 0 Å². The van der Waals surface area contributed by atoms with Gasteiger partial charge in [-0.1, -0.05) is 17.7 Å². The number of benzene rings is 2. The average molecular weight is 287 g/mol. The smallest absolute Gasteiger partial charge is 0.259 e. The molecular weight excluding hydrogens is 276 g/mol. The summed E-state index contributed by atoms with van der Waals surface area (Å²) in [5, 5.41) is 12.0. The third kappa shape index (κ3) is 3.08. The summed E-state index contributed by atoms with van der Waals surface area (Å²) >= 11 is 5.89. The van der Waals surface area contributed by atoms with E-state index in [1.54, 1.807) is 36.4 Å². The van der Waals surface area contributed by atoms with Crippen LogP contribution < -0.4 is 10.1 Å². The number of rotatable bonds is 3. The van der Waals surface area contributed by atoms with Crippen molar-refractivity contribution in [2.24, 2.45) is 0 Å². The molecule has 0 aliphatic rings. The number of ether oxygens (including phenoxy) is 1. The minimum Gasteiger partial charge on any atom is -0.496 e. The molecule has 0 saturated carbocycles. The first-order chi connectivity index (χ1) is 9.63. The van der Waals surface area contributed by atoms with Crippen molar-refractivity contribution in [1.82, 2.24) is 0 Å². The summed E-state index contributed by atoms with van der Waals surface area (Å²) in [7, 11) is 1.48. The summed E-state index contributed by atoms with van der Waals surface area (Å²) in [4.78, 5) is 12.2. The first-order valence-corrected chi connectivity index (χ1v) is 6.17. The normalized spacial score (nSPS) is 9.65. The topological polar surface area (TPSA) is 62.1 Å². The fraction of sp³-hybridized carbons (Fsp3) is 0.0667. The number of nitrogens with one attached hydrogen (secondary N) is 1. The minimum absolute atomic E-state index is 0.336. The molecule has 20 heavy (non-hydrogen) atoms. The molecule has 2 aromatic carbocycles. The molecule has 0 atom stereocenters. The largest absolute Gasteiger partial charge is 0.496 e. The predicted octanol–water partition coefficient (Wildman–Crippen LogP) is 3.47. The second-order valence-electron chi connectivity index (χ2n) is 3.99. The van der Waals surface area contributed by atoms with Crippen molar-refractivity contribution in [2.45, 2.75) is 0 Å². The van der Waals surface area contributed by atoms with Gasteiger partial charge in [-0.3, -0.25) is 4.79 Å². The van der Waals surface area contributed by atoms with Gasteiger partial charge in [-0.25, -0.2) is 0 Å². The molecule has 2 aromatic rings. The zero-order chi connectivity index (χ0) is 14.5. The van der Waals surface area contributed by atoms with Crippen molar-refractivity contribution >= 4 is 23.2 Å². The summed E-state index contributed by atoms with van der Waals surface area (Å²) in [6.07, 6.45) is 0. The standard InChI is InChI=1S/C15H11ClN2O2/c1-20-14-6-5-11(16)8-13(14)15(19)18-12-4-2-3-10(7-12)9-17/h2-8H,1H3,(H,18,19). The van der Waals surface area contributed by atoms with Gasteiger partial charge in [-0.05, 0) is 36.4 Å². The van der Waals surface area contributed by atoms with E-state index in [0.717, 1.165) is 0 Å². The number of carbonyl (C=O) groups is 1. The lowest BCUT2D eigenvalue weighted by Gasteiger charge is -2.09. The van der Waals surface area contributed by atoms with Gasteiger partial charge in [0.25, 0.3) is 5.91 Å². The lowest BCUT2D eigenvalue weighted by atomic mass is 10.1. The average Bonchev–Trinajstić information content (AvgIpc) is 2.47. The van der Waals surface area contributed by atoms with Crippen molar-refractivity contribution < 1.29 is 9.53 Å². The molecule has 0 saturated heterocycles. The van der Waals surface area contributed by atoms with E-state index in [0.29, 0.717) is 27.6 Å². The SMILES string of the molecule is COc1ccc(Cl)cc1C(=O)Nc1cccc(C#N)c1. The number of halogens is 1. The summed E-state index contributed by atoms with van der Waals surface area (Å²) < 4.78 is 5.13. The number of methoxy groups -OCH3 is 1. The second kappa shape index (κ2) is 6.09. The Bertz CT molecular complexity index is 693. The molecule has 0 radical (unpaired) electrons. The number of hydrogen-bond acceptors (Lipinski definition) is 3. The van der Waals surface area contributed by atoms with Crippen molar-refractivity contribution in [3.63, 3.8) is 0 Å². The molecule has 0 bridgehead atoms. The highest BCUT2D eigenvalue weighted by atomic mass is 35.5. The Labute approximate surface area is 121 Å². The maximum atomic E-state index is 12.2. The van der Waals surface area contributed by atoms with Gasteiger partial charge in [0.1, 0.15) is 5.75 Å². The molecule has 100 valence electrons. The Balaban J connectivity index is 2.28. The van der Waals surface area contributed by atoms with Crippen LogP contribution in [0.3, 0.4) is 0 Å². The second-order valence-corrected chi connectivity index (χ2v) is 4.43. The Kier molecular flexibility index (Phi) is 4.24. The lowest BCUT2D eigenvalue weighted by Crippen LogP contribution is -2.13. The van der Waals surface area contributed by atoms with E-state index in [-0.39, 0.29) is 5.91 Å². The molecule has 4 nitrogen and oxygen atoms in total. The van der Waals surface area contributed by atoms with E-state index in [1.165, 1.54) is 13.2 Å². The van der Waals surface area contributed by atoms with Gasteiger partial charge in [-0.2, -0.15) is 5.26 Å². The lowest BCUT2D eigenvalue weighted by molar-refractivity contribution is 0.102. The van der Waals surface area contributed by atoms with Crippen LogP contribution in [0, 0.1) is 11.3 Å². The molecule has 0 spiro atoms. The minimum atomic E-state index is -0.348. The van der Waals surface area contributed by atoms with E-state index in [1.807, 2.05) is 6.07 Å². The van der Waals surface area contributed by atoms with Crippen molar-refractivity contribution in [3.8, 4) is 11.8 Å². The van der Waals surface area contributed by atoms with Gasteiger partial charge in [0.05, 0.1) is 24.3 Å². The molecule has 0 unspecified atom stereocenters. The number of amides is 1. The maximum Gasteiger partial charge on any atom is 0.259 e. The van der Waals surface area contributed by atoms with Crippen molar-refractivity contribution in [2.75, 3.05) is 12.4 Å². The molecule has 5 heteroatoms. The van der Waals surface area contributed by atoms with Gasteiger partial charge in [0.2, 0.25) is 0 Å². The van der Waals surface area contributed by atoms with Crippen LogP contribution in [0.1, 0.15) is 15.9 Å². The summed E-state index contributed by atoms with van der Waals surface area (Å²) in [5.74, 6) is 0.0859.